The number of carboxylic acid groups (broad SMARTS) is 1. The monoisotopic (exact) mass is 287 g/mol. The van der Waals surface area contributed by atoms with Gasteiger partial charge in [-0.25, -0.2) is 4.79 Å². The molecule has 110 valence electrons. The van der Waals surface area contributed by atoms with Crippen molar-refractivity contribution >= 4 is 11.9 Å². The number of carbonyl (C=O) groups is 2. The van der Waals surface area contributed by atoms with Gasteiger partial charge in [0.1, 0.15) is 0 Å². The second kappa shape index (κ2) is 6.69. The maximum absolute atomic E-state index is 11.9. The molecule has 0 bridgehead atoms. The third kappa shape index (κ3) is 4.17. The molecule has 0 fully saturated rings. The number of aromatic carboxylic acids is 1. The van der Waals surface area contributed by atoms with Crippen LogP contribution in [0, 0.1) is 0 Å². The smallest absolute Gasteiger partial charge is 0.335 e. The lowest BCUT2D eigenvalue weighted by molar-refractivity contribution is 0.0697. The van der Waals surface area contributed by atoms with Gasteiger partial charge in [0.2, 0.25) is 0 Å². The van der Waals surface area contributed by atoms with Gasteiger partial charge in [0.15, 0.2) is 0 Å². The first kappa shape index (κ1) is 14.8. The molecule has 0 aliphatic heterocycles. The number of carbonyl (C=O) groups excluding carboxylic acids is 1. The molecule has 0 unspecified atom stereocenters. The Labute approximate surface area is 122 Å². The standard InChI is InChI=1S/C15H17N3O3/c1-18-10-11(9-17-18)4-3-7-16-14(19)12-5-2-6-13(8-12)15(20)21/h2,5-6,8-10H,3-4,7H2,1H3,(H,16,19)(H,20,21). The number of aromatic nitrogens is 2. The fourth-order valence-corrected chi connectivity index (χ4v) is 1.99. The lowest BCUT2D eigenvalue weighted by Gasteiger charge is -2.05. The van der Waals surface area contributed by atoms with Crippen LogP contribution in [0.5, 0.6) is 0 Å². The van der Waals surface area contributed by atoms with Crippen LogP contribution < -0.4 is 5.32 Å². The van der Waals surface area contributed by atoms with E-state index in [0.29, 0.717) is 12.1 Å². The van der Waals surface area contributed by atoms with Gasteiger partial charge in [0, 0.05) is 25.4 Å². The van der Waals surface area contributed by atoms with Gasteiger partial charge < -0.3 is 10.4 Å². The molecule has 1 aromatic carbocycles. The molecule has 1 heterocycles. The van der Waals surface area contributed by atoms with Crippen molar-refractivity contribution in [3.63, 3.8) is 0 Å². The average molecular weight is 287 g/mol. The number of rotatable bonds is 6. The van der Waals surface area contributed by atoms with Crippen LogP contribution in [0.2, 0.25) is 0 Å². The molecule has 1 amide bonds. The van der Waals surface area contributed by atoms with Gasteiger partial charge in [-0.2, -0.15) is 5.10 Å². The largest absolute Gasteiger partial charge is 0.478 e. The third-order valence-corrected chi connectivity index (χ3v) is 3.06. The molecule has 21 heavy (non-hydrogen) atoms. The molecule has 2 N–H and O–H groups in total. The number of carboxylic acids is 1. The van der Waals surface area contributed by atoms with Gasteiger partial charge in [-0.05, 0) is 36.6 Å². The van der Waals surface area contributed by atoms with Crippen molar-refractivity contribution in [1.82, 2.24) is 15.1 Å². The average Bonchev–Trinajstić information content (AvgIpc) is 2.89. The first-order chi connectivity index (χ1) is 10.1. The Morgan fingerprint density at radius 2 is 2.10 bits per heavy atom. The number of nitrogens with one attached hydrogen (secondary N) is 1. The van der Waals surface area contributed by atoms with E-state index in [1.54, 1.807) is 23.0 Å². The number of nitrogens with zero attached hydrogens (tertiary/aromatic N) is 2. The predicted molar refractivity (Wildman–Crippen MR) is 77.3 cm³/mol. The summed E-state index contributed by atoms with van der Waals surface area (Å²) in [6.07, 6.45) is 5.38. The first-order valence-electron chi connectivity index (χ1n) is 6.65. The quantitative estimate of drug-likeness (QED) is 0.788. The topological polar surface area (TPSA) is 84.2 Å². The normalized spacial score (nSPS) is 10.3. The van der Waals surface area contributed by atoms with E-state index in [1.165, 1.54) is 12.1 Å². The van der Waals surface area contributed by atoms with Gasteiger partial charge in [-0.15, -0.1) is 0 Å². The summed E-state index contributed by atoms with van der Waals surface area (Å²) in [6, 6.07) is 6.00. The molecular weight excluding hydrogens is 270 g/mol. The van der Waals surface area contributed by atoms with E-state index in [9.17, 15) is 9.59 Å². The van der Waals surface area contributed by atoms with Gasteiger partial charge in [0.25, 0.3) is 5.91 Å². The maximum atomic E-state index is 11.9. The minimum absolute atomic E-state index is 0.109. The molecule has 0 spiro atoms. The number of aryl methyl sites for hydroxylation is 2. The molecule has 0 aliphatic carbocycles. The van der Waals surface area contributed by atoms with Crippen molar-refractivity contribution in [2.45, 2.75) is 12.8 Å². The van der Waals surface area contributed by atoms with Crippen LogP contribution in [0.1, 0.15) is 32.7 Å². The zero-order valence-electron chi connectivity index (χ0n) is 11.7. The summed E-state index contributed by atoms with van der Waals surface area (Å²) in [7, 11) is 1.86. The van der Waals surface area contributed by atoms with E-state index in [-0.39, 0.29) is 11.5 Å². The van der Waals surface area contributed by atoms with E-state index in [0.717, 1.165) is 18.4 Å². The summed E-state index contributed by atoms with van der Waals surface area (Å²) in [5.74, 6) is -1.30. The Kier molecular flexibility index (Phi) is 4.71. The second-order valence-electron chi connectivity index (χ2n) is 4.77. The minimum Gasteiger partial charge on any atom is -0.478 e. The van der Waals surface area contributed by atoms with Crippen molar-refractivity contribution < 1.29 is 14.7 Å². The highest BCUT2D eigenvalue weighted by Gasteiger charge is 2.08. The lowest BCUT2D eigenvalue weighted by atomic mass is 10.1. The second-order valence-corrected chi connectivity index (χ2v) is 4.77. The lowest BCUT2D eigenvalue weighted by Crippen LogP contribution is -2.25. The Morgan fingerprint density at radius 1 is 1.33 bits per heavy atom. The number of hydrogen-bond donors (Lipinski definition) is 2. The summed E-state index contributed by atoms with van der Waals surface area (Å²) in [4.78, 5) is 22.8. The van der Waals surface area contributed by atoms with Crippen LogP contribution in [0.25, 0.3) is 0 Å². The molecule has 0 saturated carbocycles. The van der Waals surface area contributed by atoms with Crippen LogP contribution in [0.15, 0.2) is 36.7 Å². The molecule has 2 aromatic rings. The first-order valence-corrected chi connectivity index (χ1v) is 6.65. The molecule has 1 aromatic heterocycles. The summed E-state index contributed by atoms with van der Waals surface area (Å²) >= 11 is 0. The summed E-state index contributed by atoms with van der Waals surface area (Å²) < 4.78 is 1.74. The summed E-state index contributed by atoms with van der Waals surface area (Å²) in [5, 5.41) is 15.8. The van der Waals surface area contributed by atoms with Crippen molar-refractivity contribution in [2.24, 2.45) is 7.05 Å². The van der Waals surface area contributed by atoms with Gasteiger partial charge in [0.05, 0.1) is 11.8 Å². The number of benzene rings is 1. The Balaban J connectivity index is 1.81. The Morgan fingerprint density at radius 3 is 2.76 bits per heavy atom. The fraction of sp³-hybridized carbons (Fsp3) is 0.267. The van der Waals surface area contributed by atoms with E-state index in [2.05, 4.69) is 10.4 Å². The molecule has 0 saturated heterocycles. The van der Waals surface area contributed by atoms with Crippen LogP contribution in [-0.4, -0.2) is 33.3 Å². The van der Waals surface area contributed by atoms with Crippen molar-refractivity contribution in [3.05, 3.63) is 53.3 Å². The van der Waals surface area contributed by atoms with Gasteiger partial charge in [-0.1, -0.05) is 6.07 Å². The van der Waals surface area contributed by atoms with E-state index < -0.39 is 5.97 Å². The molecule has 0 aliphatic rings. The van der Waals surface area contributed by atoms with Gasteiger partial charge in [-0.3, -0.25) is 9.48 Å². The van der Waals surface area contributed by atoms with Crippen LogP contribution in [0.4, 0.5) is 0 Å². The highest BCUT2D eigenvalue weighted by Crippen LogP contribution is 2.05. The fourth-order valence-electron chi connectivity index (χ4n) is 1.99. The highest BCUT2D eigenvalue weighted by molar-refractivity contribution is 5.97. The molecular formula is C15H17N3O3. The van der Waals surface area contributed by atoms with Crippen molar-refractivity contribution in [2.75, 3.05) is 6.54 Å². The van der Waals surface area contributed by atoms with Crippen LogP contribution in [0.3, 0.4) is 0 Å². The highest BCUT2D eigenvalue weighted by atomic mass is 16.4. The molecule has 6 heteroatoms. The summed E-state index contributed by atoms with van der Waals surface area (Å²) in [6.45, 7) is 0.533. The van der Waals surface area contributed by atoms with E-state index >= 15 is 0 Å². The minimum atomic E-state index is -1.04. The molecule has 0 radical (unpaired) electrons. The van der Waals surface area contributed by atoms with Gasteiger partial charge >= 0.3 is 5.97 Å². The Hall–Kier alpha value is -2.63. The zero-order chi connectivity index (χ0) is 15.2. The van der Waals surface area contributed by atoms with Crippen LogP contribution in [-0.2, 0) is 13.5 Å². The van der Waals surface area contributed by atoms with Crippen molar-refractivity contribution in [3.8, 4) is 0 Å². The van der Waals surface area contributed by atoms with Crippen molar-refractivity contribution in [1.29, 1.82) is 0 Å². The third-order valence-electron chi connectivity index (χ3n) is 3.06. The summed E-state index contributed by atoms with van der Waals surface area (Å²) in [5.41, 5.74) is 1.59. The van der Waals surface area contributed by atoms with Crippen LogP contribution >= 0.6 is 0 Å². The predicted octanol–water partition coefficient (Wildman–Crippen LogP) is 1.48. The molecule has 6 nitrogen and oxygen atoms in total. The number of amides is 1. The van der Waals surface area contributed by atoms with E-state index in [4.69, 9.17) is 5.11 Å². The van der Waals surface area contributed by atoms with E-state index in [1.807, 2.05) is 13.2 Å². The number of hydrogen-bond acceptors (Lipinski definition) is 3. The SMILES string of the molecule is Cn1cc(CCCNC(=O)c2cccc(C(=O)O)c2)cn1. The zero-order valence-corrected chi connectivity index (χ0v) is 11.7. The maximum Gasteiger partial charge on any atom is 0.335 e. The molecule has 0 atom stereocenters. The Bertz CT molecular complexity index is 649. The molecule has 2 rings (SSSR count).